The number of rotatable bonds is 5. The maximum Gasteiger partial charge on any atom is 0.198 e. The molecular weight excluding hydrogens is 509 g/mol. The van der Waals surface area contributed by atoms with Gasteiger partial charge in [0.15, 0.2) is 5.96 Å². The average molecular weight is 546 g/mol. The number of nitrogens with zero attached hydrogens (tertiary/aromatic N) is 3. The third-order valence-electron chi connectivity index (χ3n) is 8.83. The van der Waals surface area contributed by atoms with Gasteiger partial charge in [-0.1, -0.05) is 33.6 Å². The van der Waals surface area contributed by atoms with Gasteiger partial charge in [0.05, 0.1) is 18.8 Å². The Morgan fingerprint density at radius 3 is 2.85 bits per heavy atom. The highest BCUT2D eigenvalue weighted by Gasteiger charge is 2.39. The summed E-state index contributed by atoms with van der Waals surface area (Å²) in [5.41, 5.74) is 11.9. The van der Waals surface area contributed by atoms with Gasteiger partial charge in [-0.05, 0) is 65.5 Å². The van der Waals surface area contributed by atoms with Crippen LogP contribution < -0.4 is 11.1 Å². The van der Waals surface area contributed by atoms with Crippen molar-refractivity contribution < 1.29 is 9.13 Å². The summed E-state index contributed by atoms with van der Waals surface area (Å²) in [5.74, 6) is 2.55. The first-order valence-electron chi connectivity index (χ1n) is 14.0. The number of hydrogen-bond donors (Lipinski definition) is 2. The van der Waals surface area contributed by atoms with Crippen LogP contribution in [0, 0.1) is 34.9 Å². The smallest absolute Gasteiger partial charge is 0.198 e. The lowest BCUT2D eigenvalue weighted by atomic mass is 9.77. The molecule has 0 radical (unpaired) electrons. The van der Waals surface area contributed by atoms with Crippen molar-refractivity contribution in [3.63, 3.8) is 0 Å². The predicted molar refractivity (Wildman–Crippen MR) is 157 cm³/mol. The van der Waals surface area contributed by atoms with Crippen LogP contribution in [-0.2, 0) is 4.74 Å². The first kappa shape index (κ1) is 26.1. The van der Waals surface area contributed by atoms with Crippen molar-refractivity contribution >= 4 is 38.0 Å². The zero-order chi connectivity index (χ0) is 27.4. The molecule has 6 nitrogen and oxygen atoms in total. The van der Waals surface area contributed by atoms with Crippen LogP contribution in [0.2, 0.25) is 0 Å². The highest BCUT2D eigenvalue weighted by Crippen LogP contribution is 2.48. The monoisotopic (exact) mass is 545 g/mol. The van der Waals surface area contributed by atoms with Crippen LogP contribution in [0.1, 0.15) is 58.1 Å². The van der Waals surface area contributed by atoms with E-state index in [0.29, 0.717) is 46.6 Å². The number of likely N-dealkylation sites (tertiary alicyclic amines) is 1. The maximum atomic E-state index is 15.7. The van der Waals surface area contributed by atoms with Crippen molar-refractivity contribution in [2.75, 3.05) is 32.0 Å². The third-order valence-corrected chi connectivity index (χ3v) is 9.82. The molecule has 1 aliphatic carbocycles. The number of ether oxygens (including phenoxy) is 1. The van der Waals surface area contributed by atoms with Crippen molar-refractivity contribution in [3.05, 3.63) is 57.6 Å². The molecule has 8 heteroatoms. The zero-order valence-electron chi connectivity index (χ0n) is 23.1. The van der Waals surface area contributed by atoms with Crippen LogP contribution >= 0.6 is 11.3 Å². The molecule has 4 aliphatic rings. The number of aliphatic imine (C=N–C) groups is 1. The molecule has 4 heterocycles. The van der Waals surface area contributed by atoms with E-state index in [1.807, 2.05) is 6.92 Å². The fraction of sp³-hybridized carbons (Fsp3) is 0.484. The van der Waals surface area contributed by atoms with Crippen molar-refractivity contribution in [1.29, 1.82) is 5.26 Å². The van der Waals surface area contributed by atoms with E-state index >= 15 is 4.39 Å². The molecule has 0 bridgehead atoms. The normalized spacial score (nSPS) is 24.6. The van der Waals surface area contributed by atoms with E-state index in [9.17, 15) is 5.26 Å². The number of guanidine groups is 1. The molecule has 2 aromatic rings. The molecule has 0 saturated carbocycles. The fourth-order valence-electron chi connectivity index (χ4n) is 6.75. The zero-order valence-corrected chi connectivity index (χ0v) is 23.9. The highest BCUT2D eigenvalue weighted by atomic mass is 32.1. The molecule has 3 atom stereocenters. The van der Waals surface area contributed by atoms with Crippen LogP contribution in [-0.4, -0.2) is 43.2 Å². The number of nitrogens with two attached hydrogens (primary N) is 1. The Hall–Kier alpha value is -3.15. The summed E-state index contributed by atoms with van der Waals surface area (Å²) in [6.07, 6.45) is 5.87. The standard InChI is InChI=1S/C31H36FN5OS/c1-16(2)6-5-7-19-13-37(12-17(19)3)31-35-11-21-22-14-38-15-23(22)26(18(4)29(21)36-31)28-24(32)8-9-25-27(28)20(10-33)30(34)39-25/h8-9,11,16-17,19,29H,5-7,12-15,34H2,1-4H3,(H,35,36)/t17-,19-,29?/m1/s1. The molecule has 1 aromatic heterocycles. The first-order valence-corrected chi connectivity index (χ1v) is 14.8. The molecule has 39 heavy (non-hydrogen) atoms. The fourth-order valence-corrected chi connectivity index (χ4v) is 7.68. The van der Waals surface area contributed by atoms with Gasteiger partial charge >= 0.3 is 0 Å². The summed E-state index contributed by atoms with van der Waals surface area (Å²) in [6.45, 7) is 11.8. The molecule has 1 fully saturated rings. The number of anilines is 1. The molecule has 204 valence electrons. The summed E-state index contributed by atoms with van der Waals surface area (Å²) in [7, 11) is 0. The predicted octanol–water partition coefficient (Wildman–Crippen LogP) is 6.21. The summed E-state index contributed by atoms with van der Waals surface area (Å²) >= 11 is 1.33. The molecular formula is C31H36FN5OS. The lowest BCUT2D eigenvalue weighted by Crippen LogP contribution is -2.42. The third kappa shape index (κ3) is 4.36. The van der Waals surface area contributed by atoms with Crippen molar-refractivity contribution in [1.82, 2.24) is 10.2 Å². The molecule has 1 saturated heterocycles. The van der Waals surface area contributed by atoms with E-state index in [4.69, 9.17) is 15.5 Å². The highest BCUT2D eigenvalue weighted by molar-refractivity contribution is 7.23. The van der Waals surface area contributed by atoms with E-state index < -0.39 is 0 Å². The average Bonchev–Trinajstić information content (AvgIpc) is 3.62. The minimum atomic E-state index is -0.354. The van der Waals surface area contributed by atoms with Gasteiger partial charge in [0.25, 0.3) is 0 Å². The second-order valence-electron chi connectivity index (χ2n) is 11.8. The first-order chi connectivity index (χ1) is 18.8. The quantitative estimate of drug-likeness (QED) is 0.466. The van der Waals surface area contributed by atoms with Gasteiger partial charge in [0, 0.05) is 40.5 Å². The van der Waals surface area contributed by atoms with Crippen LogP contribution in [0.4, 0.5) is 9.39 Å². The van der Waals surface area contributed by atoms with E-state index in [2.05, 4.69) is 43.3 Å². The van der Waals surface area contributed by atoms with E-state index in [0.717, 1.165) is 57.5 Å². The molecule has 3 N–H and O–H groups in total. The number of halogens is 1. The van der Waals surface area contributed by atoms with E-state index in [1.54, 1.807) is 6.07 Å². The number of benzene rings is 1. The second-order valence-corrected chi connectivity index (χ2v) is 12.9. The number of thiophene rings is 1. The van der Waals surface area contributed by atoms with Gasteiger partial charge in [-0.15, -0.1) is 11.3 Å². The van der Waals surface area contributed by atoms with Crippen LogP contribution in [0.5, 0.6) is 0 Å². The Balaban J connectivity index is 1.39. The van der Waals surface area contributed by atoms with Gasteiger partial charge in [0.1, 0.15) is 22.9 Å². The van der Waals surface area contributed by atoms with Crippen molar-refractivity contribution in [2.45, 2.75) is 53.0 Å². The Kier molecular flexibility index (Phi) is 6.76. The Morgan fingerprint density at radius 1 is 1.28 bits per heavy atom. The topological polar surface area (TPSA) is 86.7 Å². The molecule has 1 unspecified atom stereocenters. The summed E-state index contributed by atoms with van der Waals surface area (Å²) in [6, 6.07) is 5.19. The summed E-state index contributed by atoms with van der Waals surface area (Å²) in [5, 5.41) is 14.4. The number of nitrogen functional groups attached to an aromatic ring is 1. The minimum Gasteiger partial charge on any atom is -0.389 e. The van der Waals surface area contributed by atoms with Crippen molar-refractivity contribution in [3.8, 4) is 6.07 Å². The Morgan fingerprint density at radius 2 is 2.08 bits per heavy atom. The number of nitriles is 1. The SMILES string of the molecule is CC1=C(c2c(F)ccc3sc(N)c(C#N)c23)C2=C(COC2)C2=CNC(N3C[C@@H](CCCC(C)C)[C@H](C)C3)=NC21. The molecule has 6 rings (SSSR count). The molecule has 3 aliphatic heterocycles. The second kappa shape index (κ2) is 10.1. The van der Waals surface area contributed by atoms with Crippen LogP contribution in [0.3, 0.4) is 0 Å². The van der Waals surface area contributed by atoms with Crippen molar-refractivity contribution in [2.24, 2.45) is 22.7 Å². The Labute approximate surface area is 233 Å². The van der Waals surface area contributed by atoms with Gasteiger partial charge in [0.2, 0.25) is 0 Å². The molecule has 0 amide bonds. The number of nitrogens with one attached hydrogen (secondary N) is 1. The van der Waals surface area contributed by atoms with E-state index in [1.165, 1.54) is 36.7 Å². The number of fused-ring (bicyclic) bond motifs is 3. The Bertz CT molecular complexity index is 1510. The number of hydrogen-bond acceptors (Lipinski definition) is 7. The maximum absolute atomic E-state index is 15.7. The van der Waals surface area contributed by atoms with Crippen LogP contribution in [0.25, 0.3) is 15.7 Å². The van der Waals surface area contributed by atoms with Gasteiger partial charge in [-0.2, -0.15) is 5.26 Å². The summed E-state index contributed by atoms with van der Waals surface area (Å²) < 4.78 is 22.5. The lowest BCUT2D eigenvalue weighted by Gasteiger charge is -2.34. The van der Waals surface area contributed by atoms with Crippen LogP contribution in [0.15, 0.2) is 45.6 Å². The van der Waals surface area contributed by atoms with E-state index in [-0.39, 0.29) is 11.9 Å². The molecule has 0 spiro atoms. The minimum absolute atomic E-state index is 0.233. The van der Waals surface area contributed by atoms with Gasteiger partial charge in [-0.3, -0.25) is 0 Å². The van der Waals surface area contributed by atoms with Gasteiger partial charge in [-0.25, -0.2) is 9.38 Å². The summed E-state index contributed by atoms with van der Waals surface area (Å²) in [4.78, 5) is 7.63. The largest absolute Gasteiger partial charge is 0.389 e. The lowest BCUT2D eigenvalue weighted by molar-refractivity contribution is 0.207. The van der Waals surface area contributed by atoms with Gasteiger partial charge < -0.3 is 20.7 Å². The molecule has 1 aromatic carbocycles.